The largest absolute Gasteiger partial charge is 0.396 e. The predicted molar refractivity (Wildman–Crippen MR) is 50.5 cm³/mol. The predicted octanol–water partition coefficient (Wildman–Crippen LogP) is 1.37. The quantitative estimate of drug-likeness (QED) is 0.795. The smallest absolute Gasteiger partial charge is 0.217 e. The molecular weight excluding hydrogens is 239 g/mol. The highest BCUT2D eigenvalue weighted by atomic mass is 79.9. The second-order valence-corrected chi connectivity index (χ2v) is 3.57. The topological polar surface area (TPSA) is 59.1 Å². The Kier molecular flexibility index (Phi) is 3.77. The van der Waals surface area contributed by atoms with Crippen LogP contribution in [0.2, 0.25) is 0 Å². The fraction of sp³-hybridized carbons (Fsp3) is 0.375. The van der Waals surface area contributed by atoms with Gasteiger partial charge in [0.1, 0.15) is 0 Å². The Balaban J connectivity index is 2.91. The van der Waals surface area contributed by atoms with Crippen molar-refractivity contribution < 1.29 is 9.50 Å². The molecule has 1 aromatic rings. The molecule has 0 saturated heterocycles. The van der Waals surface area contributed by atoms with Crippen LogP contribution in [-0.2, 0) is 0 Å². The van der Waals surface area contributed by atoms with Crippen molar-refractivity contribution in [2.75, 3.05) is 6.61 Å². The van der Waals surface area contributed by atoms with Crippen LogP contribution in [0.15, 0.2) is 16.7 Å². The van der Waals surface area contributed by atoms with Crippen LogP contribution in [0.25, 0.3) is 0 Å². The molecule has 0 saturated carbocycles. The number of aliphatic hydroxyl groups is 1. The molecule has 13 heavy (non-hydrogen) atoms. The van der Waals surface area contributed by atoms with Gasteiger partial charge in [-0.15, -0.1) is 0 Å². The van der Waals surface area contributed by atoms with Gasteiger partial charge >= 0.3 is 0 Å². The highest BCUT2D eigenvalue weighted by molar-refractivity contribution is 9.10. The number of aromatic nitrogens is 1. The van der Waals surface area contributed by atoms with Crippen LogP contribution in [0.5, 0.6) is 0 Å². The molecule has 0 aliphatic rings. The van der Waals surface area contributed by atoms with Crippen LogP contribution in [-0.4, -0.2) is 16.7 Å². The molecule has 0 spiro atoms. The molecule has 1 unspecified atom stereocenters. The lowest BCUT2D eigenvalue weighted by Gasteiger charge is -2.10. The second-order valence-electron chi connectivity index (χ2n) is 2.65. The standard InChI is InChI=1S/C8H10BrFN2O/c9-5-3-6(7(11)1-2-13)8(10)12-4-5/h3-4,7,13H,1-2,11H2. The van der Waals surface area contributed by atoms with E-state index in [1.165, 1.54) is 6.20 Å². The van der Waals surface area contributed by atoms with E-state index in [0.717, 1.165) is 0 Å². The number of pyridine rings is 1. The zero-order valence-electron chi connectivity index (χ0n) is 6.87. The van der Waals surface area contributed by atoms with E-state index < -0.39 is 12.0 Å². The first-order valence-electron chi connectivity index (χ1n) is 3.82. The molecule has 72 valence electrons. The van der Waals surface area contributed by atoms with Crippen molar-refractivity contribution in [2.24, 2.45) is 5.73 Å². The highest BCUT2D eigenvalue weighted by Gasteiger charge is 2.12. The maximum absolute atomic E-state index is 13.0. The molecule has 1 rings (SSSR count). The molecule has 0 aliphatic carbocycles. The first-order valence-corrected chi connectivity index (χ1v) is 4.62. The maximum Gasteiger partial charge on any atom is 0.217 e. The number of nitrogens with zero attached hydrogens (tertiary/aromatic N) is 1. The van der Waals surface area contributed by atoms with E-state index in [4.69, 9.17) is 10.8 Å². The average Bonchev–Trinajstić information content (AvgIpc) is 2.09. The Morgan fingerprint density at radius 3 is 3.00 bits per heavy atom. The van der Waals surface area contributed by atoms with Crippen molar-refractivity contribution in [3.05, 3.63) is 28.2 Å². The van der Waals surface area contributed by atoms with Crippen molar-refractivity contribution in [1.29, 1.82) is 0 Å². The molecule has 0 bridgehead atoms. The minimum absolute atomic E-state index is 0.0624. The van der Waals surface area contributed by atoms with Gasteiger partial charge in [0.25, 0.3) is 0 Å². The van der Waals surface area contributed by atoms with Crippen LogP contribution in [0.1, 0.15) is 18.0 Å². The second kappa shape index (κ2) is 4.64. The summed E-state index contributed by atoms with van der Waals surface area (Å²) in [5.41, 5.74) is 5.94. The molecule has 1 heterocycles. The van der Waals surface area contributed by atoms with E-state index in [-0.39, 0.29) is 6.61 Å². The van der Waals surface area contributed by atoms with E-state index in [0.29, 0.717) is 16.5 Å². The third kappa shape index (κ3) is 2.72. The summed E-state index contributed by atoms with van der Waals surface area (Å²) in [6, 6.07) is 1.07. The Morgan fingerprint density at radius 2 is 2.38 bits per heavy atom. The Hall–Kier alpha value is -0.520. The van der Waals surface area contributed by atoms with Gasteiger partial charge in [0.05, 0.1) is 0 Å². The molecule has 0 radical (unpaired) electrons. The molecule has 0 amide bonds. The molecule has 0 fully saturated rings. The molecular formula is C8H10BrFN2O. The monoisotopic (exact) mass is 248 g/mol. The molecule has 0 aliphatic heterocycles. The SMILES string of the molecule is NC(CCO)c1cc(Br)cnc1F. The van der Waals surface area contributed by atoms with E-state index >= 15 is 0 Å². The molecule has 1 aromatic heterocycles. The summed E-state index contributed by atoms with van der Waals surface area (Å²) in [5, 5.41) is 8.62. The number of aliphatic hydroxyl groups excluding tert-OH is 1. The first kappa shape index (κ1) is 10.6. The zero-order chi connectivity index (χ0) is 9.84. The van der Waals surface area contributed by atoms with Gasteiger partial charge in [-0.25, -0.2) is 4.98 Å². The van der Waals surface area contributed by atoms with Crippen LogP contribution in [0, 0.1) is 5.95 Å². The lowest BCUT2D eigenvalue weighted by Crippen LogP contribution is -2.14. The van der Waals surface area contributed by atoms with Crippen LogP contribution < -0.4 is 5.73 Å². The van der Waals surface area contributed by atoms with Gasteiger partial charge in [-0.3, -0.25) is 0 Å². The summed E-state index contributed by atoms with van der Waals surface area (Å²) in [7, 11) is 0. The normalized spacial score (nSPS) is 12.9. The third-order valence-electron chi connectivity index (χ3n) is 1.67. The van der Waals surface area contributed by atoms with Gasteiger partial charge in [-0.1, -0.05) is 0 Å². The van der Waals surface area contributed by atoms with Crippen molar-refractivity contribution in [2.45, 2.75) is 12.5 Å². The lowest BCUT2D eigenvalue weighted by molar-refractivity contribution is 0.275. The van der Waals surface area contributed by atoms with E-state index in [1.807, 2.05) is 0 Å². The van der Waals surface area contributed by atoms with E-state index in [9.17, 15) is 4.39 Å². The number of hydrogen-bond donors (Lipinski definition) is 2. The van der Waals surface area contributed by atoms with Crippen LogP contribution in [0.3, 0.4) is 0 Å². The Labute approximate surface area is 83.9 Å². The van der Waals surface area contributed by atoms with Gasteiger partial charge in [0.2, 0.25) is 5.95 Å². The van der Waals surface area contributed by atoms with Crippen LogP contribution >= 0.6 is 15.9 Å². The van der Waals surface area contributed by atoms with Crippen molar-refractivity contribution in [3.63, 3.8) is 0 Å². The van der Waals surface area contributed by atoms with Gasteiger partial charge in [0.15, 0.2) is 0 Å². The summed E-state index contributed by atoms with van der Waals surface area (Å²) in [6.07, 6.45) is 1.69. The fourth-order valence-electron chi connectivity index (χ4n) is 0.993. The fourth-order valence-corrected chi connectivity index (χ4v) is 1.34. The summed E-state index contributed by atoms with van der Waals surface area (Å²) in [6.45, 7) is -0.0624. The minimum Gasteiger partial charge on any atom is -0.396 e. The first-order chi connectivity index (χ1) is 6.15. The van der Waals surface area contributed by atoms with Gasteiger partial charge < -0.3 is 10.8 Å². The van der Waals surface area contributed by atoms with Gasteiger partial charge in [0, 0.05) is 28.9 Å². The number of hydrogen-bond acceptors (Lipinski definition) is 3. The van der Waals surface area contributed by atoms with Crippen LogP contribution in [0.4, 0.5) is 4.39 Å². The Morgan fingerprint density at radius 1 is 1.69 bits per heavy atom. The van der Waals surface area contributed by atoms with Crippen molar-refractivity contribution >= 4 is 15.9 Å². The molecule has 5 heteroatoms. The van der Waals surface area contributed by atoms with E-state index in [2.05, 4.69) is 20.9 Å². The molecule has 0 aromatic carbocycles. The third-order valence-corrected chi connectivity index (χ3v) is 2.11. The number of nitrogens with two attached hydrogens (primary N) is 1. The van der Waals surface area contributed by atoms with Crippen molar-refractivity contribution in [3.8, 4) is 0 Å². The summed E-state index contributed by atoms with van der Waals surface area (Å²) in [5.74, 6) is -0.579. The number of rotatable bonds is 3. The van der Waals surface area contributed by atoms with Gasteiger partial charge in [-0.2, -0.15) is 4.39 Å². The highest BCUT2D eigenvalue weighted by Crippen LogP contribution is 2.19. The Bertz CT molecular complexity index is 295. The molecule has 3 N–H and O–H groups in total. The summed E-state index contributed by atoms with van der Waals surface area (Å²) in [4.78, 5) is 3.51. The van der Waals surface area contributed by atoms with Crippen molar-refractivity contribution in [1.82, 2.24) is 4.98 Å². The maximum atomic E-state index is 13.0. The lowest BCUT2D eigenvalue weighted by atomic mass is 10.1. The zero-order valence-corrected chi connectivity index (χ0v) is 8.46. The van der Waals surface area contributed by atoms with E-state index in [1.54, 1.807) is 6.07 Å². The number of halogens is 2. The average molecular weight is 249 g/mol. The molecule has 3 nitrogen and oxygen atoms in total. The van der Waals surface area contributed by atoms with Gasteiger partial charge in [-0.05, 0) is 28.4 Å². The summed E-state index contributed by atoms with van der Waals surface area (Å²) < 4.78 is 13.7. The molecule has 1 atom stereocenters. The minimum atomic E-state index is -0.579. The summed E-state index contributed by atoms with van der Waals surface area (Å²) >= 11 is 3.17.